The first-order valence-electron chi connectivity index (χ1n) is 5.46. The number of thioether (sulfide) groups is 1. The van der Waals surface area contributed by atoms with Crippen LogP contribution >= 0.6 is 11.8 Å². The molecule has 1 aromatic heterocycles. The van der Waals surface area contributed by atoms with Gasteiger partial charge in [-0.05, 0) is 12.3 Å². The van der Waals surface area contributed by atoms with Crippen molar-refractivity contribution < 1.29 is 9.53 Å². The van der Waals surface area contributed by atoms with Gasteiger partial charge in [-0.1, -0.05) is 32.5 Å². The summed E-state index contributed by atoms with van der Waals surface area (Å²) in [4.78, 5) is 18.8. The fourth-order valence-electron chi connectivity index (χ4n) is 1.09. The van der Waals surface area contributed by atoms with E-state index < -0.39 is 0 Å². The molecule has 5 heteroatoms. The number of hydrogen-bond acceptors (Lipinski definition) is 4. The Balaban J connectivity index is 2.44. The first-order valence-corrected chi connectivity index (χ1v) is 6.34. The summed E-state index contributed by atoms with van der Waals surface area (Å²) in [5, 5.41) is 0.582. The van der Waals surface area contributed by atoms with Gasteiger partial charge in [-0.3, -0.25) is 4.79 Å². The molecule has 90 valence electrons. The number of ether oxygens (including phenoxy) is 1. The molecule has 1 unspecified atom stereocenters. The lowest BCUT2D eigenvalue weighted by Crippen LogP contribution is -2.21. The van der Waals surface area contributed by atoms with E-state index >= 15 is 0 Å². The molecule has 0 bridgehead atoms. The highest BCUT2D eigenvalue weighted by Crippen LogP contribution is 2.22. The summed E-state index contributed by atoms with van der Waals surface area (Å²) in [7, 11) is 0. The van der Waals surface area contributed by atoms with Crippen molar-refractivity contribution in [1.29, 1.82) is 0 Å². The molecule has 0 aliphatic carbocycles. The highest BCUT2D eigenvalue weighted by atomic mass is 32.2. The van der Waals surface area contributed by atoms with Crippen LogP contribution in [0.25, 0.3) is 0 Å². The molecular formula is C11H18N2O2S. The van der Waals surface area contributed by atoms with Crippen LogP contribution in [0.4, 0.5) is 0 Å². The highest BCUT2D eigenvalue weighted by molar-refractivity contribution is 8.00. The maximum Gasteiger partial charge on any atom is 0.319 e. The lowest BCUT2D eigenvalue weighted by atomic mass is 10.2. The van der Waals surface area contributed by atoms with Gasteiger partial charge >= 0.3 is 5.97 Å². The van der Waals surface area contributed by atoms with Gasteiger partial charge in [-0.2, -0.15) is 0 Å². The summed E-state index contributed by atoms with van der Waals surface area (Å²) in [5.74, 6) is 0.215. The molecule has 1 rings (SSSR count). The third-order valence-corrected chi connectivity index (χ3v) is 3.18. The molecule has 1 aromatic rings. The van der Waals surface area contributed by atoms with Gasteiger partial charge in [0.2, 0.25) is 0 Å². The molecule has 1 heterocycles. The first-order chi connectivity index (χ1) is 7.63. The zero-order valence-electron chi connectivity index (χ0n) is 9.90. The molecule has 0 saturated heterocycles. The monoisotopic (exact) mass is 242 g/mol. The fraction of sp³-hybridized carbons (Fsp3) is 0.636. The van der Waals surface area contributed by atoms with Crippen molar-refractivity contribution >= 4 is 17.7 Å². The number of H-pyrrole nitrogens is 1. The van der Waals surface area contributed by atoms with Crippen molar-refractivity contribution in [3.05, 3.63) is 12.4 Å². The van der Waals surface area contributed by atoms with Gasteiger partial charge in [0, 0.05) is 12.4 Å². The van der Waals surface area contributed by atoms with Crippen LogP contribution in [0, 0.1) is 5.92 Å². The molecule has 0 saturated carbocycles. The van der Waals surface area contributed by atoms with Crippen LogP contribution < -0.4 is 0 Å². The van der Waals surface area contributed by atoms with E-state index in [-0.39, 0.29) is 11.2 Å². The minimum absolute atomic E-state index is 0.155. The number of nitrogens with zero attached hydrogens (tertiary/aromatic N) is 1. The van der Waals surface area contributed by atoms with Gasteiger partial charge in [0.05, 0.1) is 6.61 Å². The van der Waals surface area contributed by atoms with E-state index in [1.165, 1.54) is 11.8 Å². The Morgan fingerprint density at radius 1 is 1.62 bits per heavy atom. The number of carbonyl (C=O) groups is 1. The number of aromatic nitrogens is 2. The average molecular weight is 242 g/mol. The number of nitrogens with one attached hydrogen (secondary N) is 1. The molecule has 0 aliphatic heterocycles. The zero-order chi connectivity index (χ0) is 12.0. The number of esters is 1. The van der Waals surface area contributed by atoms with Crippen molar-refractivity contribution in [2.24, 2.45) is 5.92 Å². The maximum atomic E-state index is 11.7. The Hall–Kier alpha value is -0.970. The topological polar surface area (TPSA) is 55.0 Å². The Morgan fingerprint density at radius 2 is 2.38 bits per heavy atom. The van der Waals surface area contributed by atoms with Gasteiger partial charge in [-0.25, -0.2) is 4.98 Å². The SMILES string of the molecule is CCC(Sc1ncc[nH]1)C(=O)OCC(C)C. The third kappa shape index (κ3) is 4.26. The summed E-state index contributed by atoms with van der Waals surface area (Å²) in [6, 6.07) is 0. The van der Waals surface area contributed by atoms with Crippen LogP contribution in [0.3, 0.4) is 0 Å². The van der Waals surface area contributed by atoms with Crippen molar-refractivity contribution in [2.75, 3.05) is 6.61 Å². The molecule has 0 fully saturated rings. The van der Waals surface area contributed by atoms with Crippen LogP contribution in [-0.4, -0.2) is 27.8 Å². The van der Waals surface area contributed by atoms with E-state index in [1.807, 2.05) is 20.8 Å². The summed E-state index contributed by atoms with van der Waals surface area (Å²) in [5.41, 5.74) is 0. The predicted molar refractivity (Wildman–Crippen MR) is 64.3 cm³/mol. The molecule has 4 nitrogen and oxygen atoms in total. The fourth-order valence-corrected chi connectivity index (χ4v) is 1.95. The summed E-state index contributed by atoms with van der Waals surface area (Å²) in [6.45, 7) is 6.49. The third-order valence-electron chi connectivity index (χ3n) is 1.92. The molecular weight excluding hydrogens is 224 g/mol. The van der Waals surface area contributed by atoms with Crippen LogP contribution in [0.5, 0.6) is 0 Å². The van der Waals surface area contributed by atoms with Crippen molar-refractivity contribution in [2.45, 2.75) is 37.6 Å². The molecule has 0 aromatic carbocycles. The number of carbonyl (C=O) groups excluding carboxylic acids is 1. The molecule has 0 aliphatic rings. The van der Waals surface area contributed by atoms with E-state index in [2.05, 4.69) is 9.97 Å². The standard InChI is InChI=1S/C11H18N2O2S/c1-4-9(10(14)15-7-8(2)3)16-11-12-5-6-13-11/h5-6,8-9H,4,7H2,1-3H3,(H,12,13). The Labute approximate surface area is 100 Å². The van der Waals surface area contributed by atoms with E-state index in [9.17, 15) is 4.79 Å². The Bertz CT molecular complexity index is 312. The van der Waals surface area contributed by atoms with Crippen LogP contribution in [0.1, 0.15) is 27.2 Å². The minimum atomic E-state index is -0.176. The van der Waals surface area contributed by atoms with Crippen LogP contribution in [0.15, 0.2) is 17.6 Å². The predicted octanol–water partition coefficient (Wildman–Crippen LogP) is 2.48. The van der Waals surface area contributed by atoms with E-state index in [1.54, 1.807) is 12.4 Å². The lowest BCUT2D eigenvalue weighted by Gasteiger charge is -2.13. The molecule has 1 N–H and O–H groups in total. The molecule has 0 radical (unpaired) electrons. The first kappa shape index (κ1) is 13.1. The van der Waals surface area contributed by atoms with Crippen molar-refractivity contribution in [3.8, 4) is 0 Å². The smallest absolute Gasteiger partial charge is 0.319 e. The quantitative estimate of drug-likeness (QED) is 0.615. The van der Waals surface area contributed by atoms with Crippen LogP contribution in [-0.2, 0) is 9.53 Å². The largest absolute Gasteiger partial charge is 0.465 e. The van der Waals surface area contributed by atoms with Crippen molar-refractivity contribution in [3.63, 3.8) is 0 Å². The van der Waals surface area contributed by atoms with E-state index in [0.717, 1.165) is 11.6 Å². The minimum Gasteiger partial charge on any atom is -0.465 e. The zero-order valence-corrected chi connectivity index (χ0v) is 10.7. The van der Waals surface area contributed by atoms with Gasteiger partial charge in [0.1, 0.15) is 5.25 Å². The summed E-state index contributed by atoms with van der Waals surface area (Å²) in [6.07, 6.45) is 4.16. The summed E-state index contributed by atoms with van der Waals surface area (Å²) >= 11 is 1.41. The van der Waals surface area contributed by atoms with E-state index in [4.69, 9.17) is 4.74 Å². The maximum absolute atomic E-state index is 11.7. The number of hydrogen-bond donors (Lipinski definition) is 1. The lowest BCUT2D eigenvalue weighted by molar-refractivity contribution is -0.144. The Kier molecular flexibility index (Phi) is 5.38. The van der Waals surface area contributed by atoms with Crippen LogP contribution in [0.2, 0.25) is 0 Å². The average Bonchev–Trinajstić information content (AvgIpc) is 2.75. The van der Waals surface area contributed by atoms with Crippen molar-refractivity contribution in [1.82, 2.24) is 9.97 Å². The molecule has 0 spiro atoms. The second-order valence-electron chi connectivity index (χ2n) is 3.93. The van der Waals surface area contributed by atoms with Gasteiger partial charge in [-0.15, -0.1) is 0 Å². The van der Waals surface area contributed by atoms with Gasteiger partial charge in [0.15, 0.2) is 5.16 Å². The number of rotatable bonds is 6. The second-order valence-corrected chi connectivity index (χ2v) is 5.12. The Morgan fingerprint density at radius 3 is 2.88 bits per heavy atom. The summed E-state index contributed by atoms with van der Waals surface area (Å²) < 4.78 is 5.20. The number of aromatic amines is 1. The molecule has 1 atom stereocenters. The van der Waals surface area contributed by atoms with E-state index in [0.29, 0.717) is 12.5 Å². The van der Waals surface area contributed by atoms with Gasteiger partial charge in [0.25, 0.3) is 0 Å². The van der Waals surface area contributed by atoms with Gasteiger partial charge < -0.3 is 9.72 Å². The molecule has 16 heavy (non-hydrogen) atoms. The highest BCUT2D eigenvalue weighted by Gasteiger charge is 2.20. The normalized spacial score (nSPS) is 12.8. The number of imidazole rings is 1. The molecule has 0 amide bonds. The second kappa shape index (κ2) is 6.58.